The third kappa shape index (κ3) is 59.6. The molecule has 0 saturated heterocycles. The van der Waals surface area contributed by atoms with Gasteiger partial charge in [-0.3, -0.25) is 13.6 Å². The van der Waals surface area contributed by atoms with Crippen molar-refractivity contribution < 1.29 is 74.6 Å². The molecule has 0 radical (unpaired) electrons. The van der Waals surface area contributed by atoms with Gasteiger partial charge in [0, 0.05) is 69.3 Å². The molecular weight excluding hydrogens is 593 g/mol. The van der Waals surface area contributed by atoms with Crippen molar-refractivity contribution in [3.63, 3.8) is 0 Å². The van der Waals surface area contributed by atoms with Crippen molar-refractivity contribution in [1.82, 2.24) is 4.67 Å². The first-order valence-corrected chi connectivity index (χ1v) is 18.6. The molecule has 0 spiro atoms. The first-order valence-electron chi connectivity index (χ1n) is 9.11. The van der Waals surface area contributed by atoms with Crippen LogP contribution >= 0.6 is 38.1 Å². The molecule has 0 aliphatic carbocycles. The van der Waals surface area contributed by atoms with Crippen LogP contribution < -0.4 is 19.6 Å². The lowest BCUT2D eigenvalue weighted by molar-refractivity contribution is -0.339. The summed E-state index contributed by atoms with van der Waals surface area (Å²) in [6.07, 6.45) is 0. The third-order valence-electron chi connectivity index (χ3n) is 2.34. The van der Waals surface area contributed by atoms with Crippen molar-refractivity contribution in [3.8, 4) is 0 Å². The third-order valence-corrected chi connectivity index (χ3v) is 7.02. The molecule has 0 rings (SSSR count). The molecule has 36 heavy (non-hydrogen) atoms. The minimum absolute atomic E-state index is 0.392. The summed E-state index contributed by atoms with van der Waals surface area (Å²) >= 11 is 0. The van der Waals surface area contributed by atoms with E-state index in [-0.39, 0.29) is 0 Å². The summed E-state index contributed by atoms with van der Waals surface area (Å²) in [6.45, 7) is 7.36. The Bertz CT molecular complexity index is 622. The molecule has 22 heteroatoms. The smallest absolute Gasteiger partial charge is 0.407 e. The molecule has 17 nitrogen and oxygen atoms in total. The summed E-state index contributed by atoms with van der Waals surface area (Å²) in [7, 11) is -6.32. The minimum atomic E-state index is -4.65. The monoisotopic (exact) mass is 635 g/mol. The standard InChI is InChI=1S/C5H14NO3P.C3H9O2P.2C2H7O3P.CH5O4P.CH4O/c1-5-9-10(7,8-4)6(2)3;4*1-5-6(2,3)4;1-2/h5H2,1-4H3;1-3H3;2*1-2H3,(H,3,4);1H3,(H2,2,3,4);2H,1H3/p-4. The van der Waals surface area contributed by atoms with Crippen LogP contribution in [0.4, 0.5) is 0 Å². The number of phosphoric ester groups is 1. The van der Waals surface area contributed by atoms with E-state index in [0.29, 0.717) is 6.61 Å². The van der Waals surface area contributed by atoms with Gasteiger partial charge in [0.25, 0.3) is 0 Å². The topological polar surface area (TPSA) is 256 Å². The highest BCUT2D eigenvalue weighted by Gasteiger charge is 2.24. The van der Waals surface area contributed by atoms with E-state index < -0.39 is 38.1 Å². The SMILES string of the molecule is CCOP(=O)(OC)N(C)C.CO.COP(=O)([O-])[O-].COP(C)(=O)[O-].COP(C)(=O)[O-].COP(C)(C)=O. The molecule has 0 saturated carbocycles. The second-order valence-corrected chi connectivity index (χ2v) is 16.2. The Morgan fingerprint density at radius 3 is 0.889 bits per heavy atom. The highest BCUT2D eigenvalue weighted by molar-refractivity contribution is 7.57. The quantitative estimate of drug-likeness (QED) is 0.350. The van der Waals surface area contributed by atoms with Crippen LogP contribution in [0.15, 0.2) is 0 Å². The molecule has 0 bridgehead atoms. The van der Waals surface area contributed by atoms with E-state index >= 15 is 0 Å². The molecule has 0 aromatic rings. The van der Waals surface area contributed by atoms with E-state index in [1.807, 2.05) is 0 Å². The van der Waals surface area contributed by atoms with Gasteiger partial charge in [-0.05, 0) is 21.0 Å². The van der Waals surface area contributed by atoms with Gasteiger partial charge in [0.1, 0.15) is 15.2 Å². The van der Waals surface area contributed by atoms with Crippen molar-refractivity contribution in [2.75, 3.05) is 90.0 Å². The summed E-state index contributed by atoms with van der Waals surface area (Å²) in [6, 6.07) is 0. The van der Waals surface area contributed by atoms with Gasteiger partial charge in [0.05, 0.1) is 14.4 Å². The van der Waals surface area contributed by atoms with Crippen molar-refractivity contribution in [2.24, 2.45) is 0 Å². The Morgan fingerprint density at radius 1 is 0.639 bits per heavy atom. The number of aliphatic hydroxyl groups excluding tert-OH is 1. The van der Waals surface area contributed by atoms with E-state index in [2.05, 4.69) is 18.1 Å². The Labute approximate surface area is 214 Å². The largest absolute Gasteiger partial charge is 0.790 e. The molecule has 0 fully saturated rings. The van der Waals surface area contributed by atoms with Crippen molar-refractivity contribution in [1.29, 1.82) is 0 Å². The van der Waals surface area contributed by atoms with Crippen molar-refractivity contribution in [2.45, 2.75) is 6.92 Å². The molecule has 0 aromatic heterocycles. The van der Waals surface area contributed by atoms with E-state index in [1.165, 1.54) is 18.9 Å². The van der Waals surface area contributed by atoms with Crippen LogP contribution in [0.5, 0.6) is 0 Å². The molecule has 3 atom stereocenters. The van der Waals surface area contributed by atoms with Crippen LogP contribution in [0.1, 0.15) is 6.92 Å². The van der Waals surface area contributed by atoms with Crippen LogP contribution in [0, 0.1) is 0 Å². The van der Waals surface area contributed by atoms with E-state index in [9.17, 15) is 42.4 Å². The fourth-order valence-corrected chi connectivity index (χ4v) is 1.48. The summed E-state index contributed by atoms with van der Waals surface area (Å²) in [5, 5.41) is 7.00. The second kappa shape index (κ2) is 25.9. The van der Waals surface area contributed by atoms with Crippen LogP contribution in [0.3, 0.4) is 0 Å². The lowest BCUT2D eigenvalue weighted by atomic mass is 10.9. The molecule has 228 valence electrons. The predicted octanol–water partition coefficient (Wildman–Crippen LogP) is 0.212. The highest BCUT2D eigenvalue weighted by Crippen LogP contribution is 2.48. The predicted molar refractivity (Wildman–Crippen MR) is 130 cm³/mol. The maximum Gasteiger partial charge on any atom is 0.407 e. The van der Waals surface area contributed by atoms with Gasteiger partial charge < -0.3 is 56.5 Å². The first-order chi connectivity index (χ1) is 15.8. The molecular formula is C14H42NO16P5-4. The van der Waals surface area contributed by atoms with Gasteiger partial charge in [0.15, 0.2) is 7.37 Å². The number of rotatable bonds is 8. The first kappa shape index (κ1) is 49.6. The fraction of sp³-hybridized carbons (Fsp3) is 1.00. The Kier molecular flexibility index (Phi) is 35.7. The normalized spacial score (nSPS) is 15.5. The zero-order valence-corrected chi connectivity index (χ0v) is 27.4. The summed E-state index contributed by atoms with van der Waals surface area (Å²) in [4.78, 5) is 38.1. The van der Waals surface area contributed by atoms with Gasteiger partial charge in [-0.1, -0.05) is 0 Å². The summed E-state index contributed by atoms with van der Waals surface area (Å²) in [5.74, 6) is 0. The van der Waals surface area contributed by atoms with Gasteiger partial charge in [0.2, 0.25) is 0 Å². The molecule has 1 N–H and O–H groups in total. The van der Waals surface area contributed by atoms with Crippen LogP contribution in [0.25, 0.3) is 0 Å². The molecule has 0 heterocycles. The van der Waals surface area contributed by atoms with E-state index in [4.69, 9.17) is 14.2 Å². The lowest BCUT2D eigenvalue weighted by Crippen LogP contribution is -2.14. The van der Waals surface area contributed by atoms with Gasteiger partial charge in [-0.2, -0.15) is 0 Å². The number of aliphatic hydroxyl groups is 1. The fourth-order valence-electron chi connectivity index (χ4n) is 0.495. The van der Waals surface area contributed by atoms with Crippen LogP contribution in [-0.2, 0) is 50.0 Å². The molecule has 0 aromatic carbocycles. The van der Waals surface area contributed by atoms with Crippen LogP contribution in [-0.4, -0.2) is 99.8 Å². The van der Waals surface area contributed by atoms with E-state index in [0.717, 1.165) is 41.8 Å². The van der Waals surface area contributed by atoms with Crippen molar-refractivity contribution in [3.05, 3.63) is 0 Å². The highest BCUT2D eigenvalue weighted by atomic mass is 31.2. The van der Waals surface area contributed by atoms with E-state index in [1.54, 1.807) is 34.3 Å². The molecule has 0 aliphatic rings. The molecule has 0 aliphatic heterocycles. The second-order valence-electron chi connectivity index (χ2n) is 5.89. The maximum absolute atomic E-state index is 11.4. The maximum atomic E-state index is 11.4. The molecule has 3 unspecified atom stereocenters. The number of hydrogen-bond donors (Lipinski definition) is 1. The Morgan fingerprint density at radius 2 is 0.861 bits per heavy atom. The zero-order valence-electron chi connectivity index (χ0n) is 23.0. The Hall–Kier alpha value is 0.670. The summed E-state index contributed by atoms with van der Waals surface area (Å²) in [5.41, 5.74) is 0. The Balaban J connectivity index is -0.0000000782. The average Bonchev–Trinajstić information content (AvgIpc) is 2.75. The molecule has 0 amide bonds. The minimum Gasteiger partial charge on any atom is -0.790 e. The summed E-state index contributed by atoms with van der Waals surface area (Å²) < 4.78 is 77.4. The van der Waals surface area contributed by atoms with Crippen LogP contribution in [0.2, 0.25) is 0 Å². The number of nitrogens with zero attached hydrogens (tertiary/aromatic N) is 1. The average molecular weight is 635 g/mol. The number of phosphoric acid groups is 1. The van der Waals surface area contributed by atoms with Gasteiger partial charge in [-0.15, -0.1) is 0 Å². The van der Waals surface area contributed by atoms with Gasteiger partial charge in [-0.25, -0.2) is 9.24 Å². The van der Waals surface area contributed by atoms with Crippen molar-refractivity contribution >= 4 is 38.1 Å². The lowest BCUT2D eigenvalue weighted by Gasteiger charge is -2.25. The number of hydrogen-bond acceptors (Lipinski definition) is 16. The van der Waals surface area contributed by atoms with Gasteiger partial charge >= 0.3 is 7.75 Å². The zero-order chi connectivity index (χ0) is 31.0.